The second-order valence-corrected chi connectivity index (χ2v) is 229. The molecule has 0 rings (SSSR count). The van der Waals surface area contributed by atoms with E-state index in [2.05, 4.69) is 0 Å². The van der Waals surface area contributed by atoms with Gasteiger partial charge in [0.1, 0.15) is 9.76 Å². The Balaban J connectivity index is -0.00000362. The molecule has 0 spiro atoms. The lowest BCUT2D eigenvalue weighted by Gasteiger charge is -2.17. The Morgan fingerprint density at radius 2 is 0.420 bits per heavy atom. The van der Waals surface area contributed by atoms with Crippen molar-refractivity contribution < 1.29 is 200 Å². The molecule has 0 aromatic rings. The van der Waals surface area contributed by atoms with Crippen LogP contribution in [0.1, 0.15) is 14.9 Å². The summed E-state index contributed by atoms with van der Waals surface area (Å²) in [5, 5.41) is 0. The summed E-state index contributed by atoms with van der Waals surface area (Å²) in [6.45, 7) is 10.2. The highest BCUT2D eigenvalue weighted by molar-refractivity contribution is 7.85. The van der Waals surface area contributed by atoms with Gasteiger partial charge in [-0.15, -0.1) is 0 Å². The first kappa shape index (κ1) is 110. The minimum absolute atomic E-state index is 0. The van der Waals surface area contributed by atoms with Crippen LogP contribution in [0.3, 0.4) is 0 Å². The molecule has 0 amide bonds. The van der Waals surface area contributed by atoms with E-state index in [0.717, 1.165) is 6.55 Å². The molecule has 0 aliphatic rings. The molecule has 0 radical (unpaired) electrons. The zero-order chi connectivity index (χ0) is 78.2. The lowest BCUT2D eigenvalue weighted by molar-refractivity contribution is 0.496. The third-order valence-electron chi connectivity index (χ3n) is 10.1. The smallest absolute Gasteiger partial charge is 0.458 e. The van der Waals surface area contributed by atoms with Gasteiger partial charge in [0, 0.05) is 0 Å². The molecule has 0 saturated carbocycles. The Bertz CT molecular complexity index is 4130. The van der Waals surface area contributed by atoms with Gasteiger partial charge in [0.2, 0.25) is 35.0 Å². The van der Waals surface area contributed by atoms with Crippen LogP contribution in [0.2, 0.25) is 45.8 Å². The van der Waals surface area contributed by atoms with Crippen LogP contribution in [0, 0.1) is 0 Å². The van der Waals surface area contributed by atoms with Gasteiger partial charge in [-0.1, -0.05) is 21.4 Å². The van der Waals surface area contributed by atoms with Gasteiger partial charge in [0.05, 0.1) is 0 Å². The van der Waals surface area contributed by atoms with Crippen molar-refractivity contribution in [1.82, 2.24) is 0 Å². The molecular weight excluding hydrogens is 2120 g/mol. The molecule has 0 heterocycles. The Hall–Kier alpha value is 1.46. The first-order valence-electron chi connectivity index (χ1n) is 24.1. The van der Waals surface area contributed by atoms with Gasteiger partial charge in [-0.2, -0.15) is 0 Å². The minimum Gasteiger partial charge on any atom is -0.458 e. The molecule has 1 atom stereocenters. The summed E-state index contributed by atoms with van der Waals surface area (Å²) < 4.78 is 535. The average Bonchev–Trinajstić information content (AvgIpc) is 0.829. The van der Waals surface area contributed by atoms with Gasteiger partial charge < -0.3 is 182 Å². The third kappa shape index (κ3) is 33.2. The van der Waals surface area contributed by atoms with Crippen LogP contribution in [0.15, 0.2) is 0 Å². The fourth-order valence-electron chi connectivity index (χ4n) is 5.14. The lowest BCUT2D eigenvalue weighted by atomic mass is 11.8. The number of rotatable bonds is 46. The first-order valence-corrected chi connectivity index (χ1v) is 134. The van der Waals surface area contributed by atoms with Crippen molar-refractivity contribution >= 4 is 365 Å². The van der Waals surface area contributed by atoms with E-state index in [0.29, 0.717) is 0 Å². The molecular formula is C9H36O45Si46. The van der Waals surface area contributed by atoms with Crippen molar-refractivity contribution in [2.24, 2.45) is 0 Å². The van der Waals surface area contributed by atoms with E-state index in [4.69, 9.17) is 30.2 Å². The first-order chi connectivity index (χ1) is 44.6. The summed E-state index contributed by atoms with van der Waals surface area (Å²) in [6, 6.07) is 0. The molecule has 100 heavy (non-hydrogen) atoms. The van der Waals surface area contributed by atoms with E-state index in [1.165, 1.54) is 13.1 Å². The Morgan fingerprint density at radius 3 is 0.600 bits per heavy atom. The molecule has 91 heteroatoms. The van der Waals surface area contributed by atoms with Crippen molar-refractivity contribution in [3.63, 3.8) is 0 Å². The summed E-state index contributed by atoms with van der Waals surface area (Å²) in [4.78, 5) is 0. The van der Waals surface area contributed by atoms with E-state index >= 15 is 0 Å². The van der Waals surface area contributed by atoms with E-state index in [1.807, 2.05) is 0 Å². The van der Waals surface area contributed by atoms with Crippen LogP contribution in [0.25, 0.3) is 0 Å². The van der Waals surface area contributed by atoms with Gasteiger partial charge in [-0.05, 0) is 39.3 Å². The summed E-state index contributed by atoms with van der Waals surface area (Å²) in [5.74, 6) is 0. The van der Waals surface area contributed by atoms with Crippen LogP contribution in [-0.4, -0.2) is 365 Å². The second-order valence-electron chi connectivity index (χ2n) is 18.2. The van der Waals surface area contributed by atoms with Gasteiger partial charge >= 0.3 is 312 Å². The topological polar surface area (TPSA) is 745 Å². The fraction of sp³-hybridized carbons (Fsp3) is 1.00. The second kappa shape index (κ2) is 51.8. The van der Waals surface area contributed by atoms with Gasteiger partial charge in [0.15, 0.2) is 8.32 Å². The maximum absolute atomic E-state index is 13.0. The zero-order valence-corrected chi connectivity index (χ0v) is 96.5. The van der Waals surface area contributed by atoms with Crippen molar-refractivity contribution in [2.45, 2.75) is 60.7 Å². The van der Waals surface area contributed by atoms with Crippen LogP contribution >= 0.6 is 0 Å². The molecule has 0 aliphatic carbocycles. The molecule has 0 fully saturated rings. The quantitative estimate of drug-likeness (QED) is 0.0511. The third-order valence-corrected chi connectivity index (χ3v) is 341. The summed E-state index contributed by atoms with van der Waals surface area (Å²) in [6.07, 6.45) is 0. The normalized spacial score (nSPS) is 10.6. The molecule has 1 unspecified atom stereocenters. The standard InChI is InChI=1S/C7H28O41Si44.2CH4.2O2Si/c1-49-47-92(6,7)90(45)89(44)88(43)87(42)86(41)85(40)84(39)83(38)82(37)81(36)80(35)79(34)78(33)77(32)76(31)75(30)74(29)73(28)72(27)68(23)65(20)62(17)59(14)56(11)53(8)50-46-52(2)55(10)58(13)61(16)64(19)67(22)70(25)71(26)69(24)66(21)63(18)60(15)57(12)54(9)51-48-91(3,4)5;;;2*1-3-2/h52H,49-51H2,1-7H3;2*1H4;;. The van der Waals surface area contributed by atoms with E-state index < -0.39 is 365 Å². The number of hydrogen-bond acceptors (Lipinski definition) is 45. The predicted octanol–water partition coefficient (Wildman–Crippen LogP) is -19.2. The highest BCUT2D eigenvalue weighted by Crippen LogP contribution is 2.05. The van der Waals surface area contributed by atoms with Gasteiger partial charge in [-0.25, -0.2) is 0 Å². The predicted molar refractivity (Wildman–Crippen MR) is 361 cm³/mol. The Kier molecular flexibility index (Phi) is 57.0. The molecule has 0 aliphatic heterocycles. The summed E-state index contributed by atoms with van der Waals surface area (Å²) >= 11 is 0. The Labute approximate surface area is 618 Å². The molecule has 526 valence electrons. The van der Waals surface area contributed by atoms with Gasteiger partial charge in [-0.3, -0.25) is 17.8 Å². The van der Waals surface area contributed by atoms with Crippen molar-refractivity contribution in [2.75, 3.05) is 0 Å². The average molecular weight is 2160 g/mol. The minimum atomic E-state index is -4.76. The van der Waals surface area contributed by atoms with Crippen molar-refractivity contribution in [1.29, 1.82) is 0 Å². The van der Waals surface area contributed by atoms with Crippen molar-refractivity contribution in [3.05, 3.63) is 0 Å². The van der Waals surface area contributed by atoms with Crippen LogP contribution < -0.4 is 0 Å². The van der Waals surface area contributed by atoms with Crippen molar-refractivity contribution in [3.8, 4) is 0 Å². The molecule has 45 nitrogen and oxygen atoms in total. The largest absolute Gasteiger partial charge is 0.549 e. The van der Waals surface area contributed by atoms with Crippen LogP contribution in [0.5, 0.6) is 0 Å². The van der Waals surface area contributed by atoms with Crippen LogP contribution in [-0.2, 0) is 200 Å². The molecule has 0 aromatic carbocycles. The molecule has 0 aromatic heterocycles. The maximum Gasteiger partial charge on any atom is 0.549 e. The van der Waals surface area contributed by atoms with Gasteiger partial charge in [0.25, 0.3) is 0 Å². The van der Waals surface area contributed by atoms with E-state index in [9.17, 15) is 170 Å². The monoisotopic (exact) mass is 2150 g/mol. The van der Waals surface area contributed by atoms with E-state index in [-0.39, 0.29) is 14.9 Å². The molecule has 0 bridgehead atoms. The SMILES string of the molecule is C.C.C[SiH2]O[Si](C)(C)[Si](=O)[Si](=O)[Si](=O)[Si](=O)[Si](=O)[Si](=O)[Si](=O)[Si](=O)[Si](=O)[Si](=O)[Si](=O)[Si](=O)[Si](=O)[Si](=O)[Si](=O)[Si](=O)[Si](=O)[Si](=O)[Si](=O)[Si](=O)[Si](=O)[Si](=O)[Si](=O)[Si](=O)[Si](=O)[SiH2]O[SiH](C)[Si](=O)[Si](=O)[Si](=O)[Si](=O)[Si](=O)[Si](=O)[Si](=O)[Si](=O)[Si](=O)[Si](=O)[Si](=O)[Si](=O)[Si](=O)[SiH2]O[Si](C)(C)C.O=[Si]=O.O=[Si]=O. The van der Waals surface area contributed by atoms with Crippen LogP contribution in [0.4, 0.5) is 0 Å². The molecule has 0 N–H and O–H groups in total. The molecule has 0 saturated heterocycles. The highest BCUT2D eigenvalue weighted by atomic mass is 30.1. The lowest BCUT2D eigenvalue weighted by Crippen LogP contribution is -2.58. The summed E-state index contributed by atoms with van der Waals surface area (Å²) in [7, 11) is -184. The van der Waals surface area contributed by atoms with E-state index in [1.54, 1.807) is 26.2 Å². The zero-order valence-electron chi connectivity index (χ0n) is 49.1. The number of hydrogen-bond donors (Lipinski definition) is 0. The Morgan fingerprint density at radius 1 is 0.260 bits per heavy atom. The highest BCUT2D eigenvalue weighted by Gasteiger charge is 2.59. The summed E-state index contributed by atoms with van der Waals surface area (Å²) in [5.41, 5.74) is 0. The maximum atomic E-state index is 13.0. The fourth-order valence-corrected chi connectivity index (χ4v) is 493.